The highest BCUT2D eigenvalue weighted by molar-refractivity contribution is 5.72. The quantitative estimate of drug-likeness (QED) is 0.724. The highest BCUT2D eigenvalue weighted by Gasteiger charge is 2.22. The second-order valence-electron chi connectivity index (χ2n) is 4.37. The first-order chi connectivity index (χ1) is 8.17. The van der Waals surface area contributed by atoms with Crippen LogP contribution in [0.2, 0.25) is 0 Å². The number of likely N-dealkylation sites (tertiary alicyclic amines) is 1. The SMILES string of the molecule is CCOC(CCN1CCCC(OC)C1)C(=O)O. The van der Waals surface area contributed by atoms with Crippen molar-refractivity contribution in [2.75, 3.05) is 33.4 Å². The standard InChI is InChI=1S/C12H23NO4/c1-3-17-11(12(14)15)6-8-13-7-4-5-10(9-13)16-2/h10-11H,3-9H2,1-2H3,(H,14,15). The zero-order chi connectivity index (χ0) is 12.7. The number of ether oxygens (including phenoxy) is 2. The minimum Gasteiger partial charge on any atom is -0.479 e. The monoisotopic (exact) mass is 245 g/mol. The van der Waals surface area contributed by atoms with E-state index in [-0.39, 0.29) is 0 Å². The van der Waals surface area contributed by atoms with Gasteiger partial charge in [-0.05, 0) is 32.7 Å². The van der Waals surface area contributed by atoms with Gasteiger partial charge in [-0.3, -0.25) is 0 Å². The highest BCUT2D eigenvalue weighted by atomic mass is 16.5. The lowest BCUT2D eigenvalue weighted by Gasteiger charge is -2.32. The average Bonchev–Trinajstić information content (AvgIpc) is 2.34. The maximum absolute atomic E-state index is 10.9. The van der Waals surface area contributed by atoms with Gasteiger partial charge >= 0.3 is 5.97 Å². The van der Waals surface area contributed by atoms with E-state index < -0.39 is 12.1 Å². The van der Waals surface area contributed by atoms with E-state index in [1.165, 1.54) is 0 Å². The second kappa shape index (κ2) is 7.63. The molecule has 1 rings (SSSR count). The van der Waals surface area contributed by atoms with E-state index in [0.29, 0.717) is 19.1 Å². The lowest BCUT2D eigenvalue weighted by molar-refractivity contribution is -0.150. The normalized spacial score (nSPS) is 23.5. The van der Waals surface area contributed by atoms with Crippen molar-refractivity contribution in [1.29, 1.82) is 0 Å². The molecule has 100 valence electrons. The number of rotatable bonds is 7. The number of aliphatic carboxylic acids is 1. The molecule has 1 aliphatic heterocycles. The third-order valence-corrected chi connectivity index (χ3v) is 3.15. The molecule has 5 heteroatoms. The summed E-state index contributed by atoms with van der Waals surface area (Å²) < 4.78 is 10.5. The first-order valence-corrected chi connectivity index (χ1v) is 6.27. The molecule has 0 spiro atoms. The summed E-state index contributed by atoms with van der Waals surface area (Å²) in [6.07, 6.45) is 2.37. The zero-order valence-corrected chi connectivity index (χ0v) is 10.7. The minimum atomic E-state index is -0.868. The molecule has 0 radical (unpaired) electrons. The summed E-state index contributed by atoms with van der Waals surface area (Å²) in [6, 6.07) is 0. The summed E-state index contributed by atoms with van der Waals surface area (Å²) in [5.74, 6) is -0.868. The Balaban J connectivity index is 2.30. The summed E-state index contributed by atoms with van der Waals surface area (Å²) in [6.45, 7) is 4.94. The van der Waals surface area contributed by atoms with Gasteiger partial charge in [0.25, 0.3) is 0 Å². The number of nitrogens with zero attached hydrogens (tertiary/aromatic N) is 1. The molecule has 0 aromatic rings. The molecule has 1 aliphatic rings. The molecule has 17 heavy (non-hydrogen) atoms. The number of carboxylic acids is 1. The fourth-order valence-electron chi connectivity index (χ4n) is 2.19. The molecule has 0 aromatic carbocycles. The Kier molecular flexibility index (Phi) is 6.47. The number of methoxy groups -OCH3 is 1. The summed E-state index contributed by atoms with van der Waals surface area (Å²) >= 11 is 0. The van der Waals surface area contributed by atoms with Crippen LogP contribution in [0.1, 0.15) is 26.2 Å². The van der Waals surface area contributed by atoms with Crippen LogP contribution >= 0.6 is 0 Å². The lowest BCUT2D eigenvalue weighted by Crippen LogP contribution is -2.41. The maximum Gasteiger partial charge on any atom is 0.332 e. The predicted molar refractivity (Wildman–Crippen MR) is 64.1 cm³/mol. The topological polar surface area (TPSA) is 59.0 Å². The maximum atomic E-state index is 10.9. The van der Waals surface area contributed by atoms with E-state index in [1.807, 2.05) is 6.92 Å². The van der Waals surface area contributed by atoms with Crippen LogP contribution in [0.15, 0.2) is 0 Å². The Hall–Kier alpha value is -0.650. The zero-order valence-electron chi connectivity index (χ0n) is 10.7. The molecule has 1 heterocycles. The highest BCUT2D eigenvalue weighted by Crippen LogP contribution is 2.13. The number of piperidine rings is 1. The molecule has 1 N–H and O–H groups in total. The van der Waals surface area contributed by atoms with Crippen LogP contribution in [0.3, 0.4) is 0 Å². The largest absolute Gasteiger partial charge is 0.479 e. The molecule has 0 aromatic heterocycles. The van der Waals surface area contributed by atoms with Gasteiger partial charge in [0.05, 0.1) is 6.10 Å². The molecule has 5 nitrogen and oxygen atoms in total. The molecule has 0 saturated carbocycles. The number of hydrogen-bond donors (Lipinski definition) is 1. The van der Waals surface area contributed by atoms with Gasteiger partial charge in [0.2, 0.25) is 0 Å². The lowest BCUT2D eigenvalue weighted by atomic mass is 10.1. The van der Waals surface area contributed by atoms with Gasteiger partial charge < -0.3 is 19.5 Å². The molecular weight excluding hydrogens is 222 g/mol. The van der Waals surface area contributed by atoms with Crippen molar-refractivity contribution in [2.45, 2.75) is 38.4 Å². The molecule has 1 fully saturated rings. The number of carboxylic acid groups (broad SMARTS) is 1. The van der Waals surface area contributed by atoms with Crippen molar-refractivity contribution in [3.8, 4) is 0 Å². The van der Waals surface area contributed by atoms with E-state index in [2.05, 4.69) is 4.90 Å². The Morgan fingerprint density at radius 2 is 2.35 bits per heavy atom. The molecule has 0 bridgehead atoms. The summed E-state index contributed by atoms with van der Waals surface area (Å²) in [5.41, 5.74) is 0. The van der Waals surface area contributed by atoms with E-state index >= 15 is 0 Å². The molecule has 1 saturated heterocycles. The van der Waals surface area contributed by atoms with Gasteiger partial charge in [-0.15, -0.1) is 0 Å². The van der Waals surface area contributed by atoms with Gasteiger partial charge in [0, 0.05) is 26.8 Å². The van der Waals surface area contributed by atoms with Crippen molar-refractivity contribution < 1.29 is 19.4 Å². The van der Waals surface area contributed by atoms with Gasteiger partial charge in [-0.2, -0.15) is 0 Å². The fraction of sp³-hybridized carbons (Fsp3) is 0.917. The Bertz CT molecular complexity index is 235. The first-order valence-electron chi connectivity index (χ1n) is 6.27. The van der Waals surface area contributed by atoms with Crippen molar-refractivity contribution in [3.63, 3.8) is 0 Å². The molecule has 2 atom stereocenters. The first kappa shape index (κ1) is 14.4. The summed E-state index contributed by atoms with van der Waals surface area (Å²) in [4.78, 5) is 13.2. The van der Waals surface area contributed by atoms with E-state index in [1.54, 1.807) is 7.11 Å². The number of hydrogen-bond acceptors (Lipinski definition) is 4. The van der Waals surface area contributed by atoms with Crippen molar-refractivity contribution in [3.05, 3.63) is 0 Å². The third kappa shape index (κ3) is 5.02. The van der Waals surface area contributed by atoms with Crippen LogP contribution in [0.25, 0.3) is 0 Å². The molecule has 2 unspecified atom stereocenters. The molecule has 0 amide bonds. The Morgan fingerprint density at radius 1 is 1.59 bits per heavy atom. The smallest absolute Gasteiger partial charge is 0.332 e. The average molecular weight is 245 g/mol. The van der Waals surface area contributed by atoms with E-state index in [4.69, 9.17) is 14.6 Å². The van der Waals surface area contributed by atoms with Crippen LogP contribution in [-0.4, -0.2) is 61.5 Å². The van der Waals surface area contributed by atoms with Crippen molar-refractivity contribution in [2.24, 2.45) is 0 Å². The van der Waals surface area contributed by atoms with Crippen LogP contribution in [0.4, 0.5) is 0 Å². The minimum absolute atomic E-state index is 0.291. The van der Waals surface area contributed by atoms with Gasteiger partial charge in [0.1, 0.15) is 0 Å². The predicted octanol–water partition coefficient (Wildman–Crippen LogP) is 0.977. The van der Waals surface area contributed by atoms with Crippen LogP contribution in [-0.2, 0) is 14.3 Å². The molecular formula is C12H23NO4. The van der Waals surface area contributed by atoms with Gasteiger partial charge in [-0.1, -0.05) is 0 Å². The van der Waals surface area contributed by atoms with E-state index in [9.17, 15) is 4.79 Å². The van der Waals surface area contributed by atoms with E-state index in [0.717, 1.165) is 32.5 Å². The van der Waals surface area contributed by atoms with Gasteiger partial charge in [-0.25, -0.2) is 4.79 Å². The fourth-order valence-corrected chi connectivity index (χ4v) is 2.19. The molecule has 0 aliphatic carbocycles. The summed E-state index contributed by atoms with van der Waals surface area (Å²) in [5, 5.41) is 8.96. The summed E-state index contributed by atoms with van der Waals surface area (Å²) in [7, 11) is 1.73. The van der Waals surface area contributed by atoms with Crippen molar-refractivity contribution >= 4 is 5.97 Å². The van der Waals surface area contributed by atoms with Crippen LogP contribution < -0.4 is 0 Å². The third-order valence-electron chi connectivity index (χ3n) is 3.15. The Labute approximate surface area is 103 Å². The van der Waals surface area contributed by atoms with Crippen LogP contribution in [0, 0.1) is 0 Å². The van der Waals surface area contributed by atoms with Crippen molar-refractivity contribution in [1.82, 2.24) is 4.90 Å². The van der Waals surface area contributed by atoms with Crippen LogP contribution in [0.5, 0.6) is 0 Å². The second-order valence-corrected chi connectivity index (χ2v) is 4.37. The Morgan fingerprint density at radius 3 is 2.94 bits per heavy atom. The van der Waals surface area contributed by atoms with Gasteiger partial charge in [0.15, 0.2) is 6.10 Å². The number of carbonyl (C=O) groups is 1.